The van der Waals surface area contributed by atoms with Gasteiger partial charge in [0.05, 0.1) is 32.0 Å². The van der Waals surface area contributed by atoms with Crippen LogP contribution in [-0.4, -0.2) is 24.9 Å². The predicted octanol–water partition coefficient (Wildman–Crippen LogP) is 7.95. The second-order valence-corrected chi connectivity index (χ2v) is 10.4. The predicted molar refractivity (Wildman–Crippen MR) is 150 cm³/mol. The zero-order chi connectivity index (χ0) is 26.9. The quantitative estimate of drug-likeness (QED) is 0.252. The molecule has 0 aromatic heterocycles. The monoisotopic (exact) mass is 530 g/mol. The van der Waals surface area contributed by atoms with Crippen molar-refractivity contribution in [2.45, 2.75) is 69.6 Å². The average molecular weight is 531 g/mol. The number of hydrogen-bond acceptors (Lipinski definition) is 3. The van der Waals surface area contributed by atoms with Gasteiger partial charge in [-0.2, -0.15) is 8.78 Å². The third kappa shape index (κ3) is 7.51. The number of allylic oxidation sites excluding steroid dienone is 4. The average Bonchev–Trinajstić information content (AvgIpc) is 2.98. The lowest BCUT2D eigenvalue weighted by atomic mass is 9.88. The molecule has 3 nitrogen and oxygen atoms in total. The van der Waals surface area contributed by atoms with Crippen molar-refractivity contribution >= 4 is 0 Å². The van der Waals surface area contributed by atoms with Crippen LogP contribution in [0, 0.1) is 0 Å². The van der Waals surface area contributed by atoms with Gasteiger partial charge < -0.3 is 14.2 Å². The summed E-state index contributed by atoms with van der Waals surface area (Å²) >= 11 is 0. The van der Waals surface area contributed by atoms with E-state index < -0.39 is 18.1 Å². The van der Waals surface area contributed by atoms with Crippen LogP contribution in [0.3, 0.4) is 0 Å². The van der Waals surface area contributed by atoms with Crippen molar-refractivity contribution in [1.29, 1.82) is 0 Å². The van der Waals surface area contributed by atoms with Crippen molar-refractivity contribution < 1.29 is 23.0 Å². The van der Waals surface area contributed by atoms with Crippen LogP contribution in [0.15, 0.2) is 109 Å². The molecule has 1 aliphatic carbocycles. The molecule has 0 amide bonds. The van der Waals surface area contributed by atoms with Crippen LogP contribution in [0.1, 0.15) is 47.9 Å². The summed E-state index contributed by atoms with van der Waals surface area (Å²) in [6.45, 7) is 1.01. The Labute approximate surface area is 230 Å². The number of alkyl halides is 2. The van der Waals surface area contributed by atoms with Crippen molar-refractivity contribution in [3.8, 4) is 0 Å². The minimum atomic E-state index is -3.18. The Hall–Kier alpha value is -3.12. The number of rotatable bonds is 11. The van der Waals surface area contributed by atoms with Gasteiger partial charge in [-0.05, 0) is 41.5 Å². The molecule has 2 aliphatic rings. The van der Waals surface area contributed by atoms with Crippen molar-refractivity contribution in [3.63, 3.8) is 0 Å². The van der Waals surface area contributed by atoms with Crippen molar-refractivity contribution in [3.05, 3.63) is 131 Å². The lowest BCUT2D eigenvalue weighted by Crippen LogP contribution is -2.46. The van der Waals surface area contributed by atoms with Gasteiger partial charge in [0.1, 0.15) is 6.10 Å². The molecular weight excluding hydrogens is 494 g/mol. The smallest absolute Gasteiger partial charge is 0.299 e. The van der Waals surface area contributed by atoms with Crippen molar-refractivity contribution in [2.75, 3.05) is 6.61 Å². The molecule has 3 unspecified atom stereocenters. The highest BCUT2D eigenvalue weighted by Crippen LogP contribution is 2.42. The summed E-state index contributed by atoms with van der Waals surface area (Å²) in [4.78, 5) is 0. The minimum Gasteiger partial charge on any atom is -0.374 e. The minimum absolute atomic E-state index is 0.0301. The van der Waals surface area contributed by atoms with Crippen molar-refractivity contribution in [1.82, 2.24) is 0 Å². The fourth-order valence-corrected chi connectivity index (χ4v) is 5.31. The van der Waals surface area contributed by atoms with E-state index in [2.05, 4.69) is 12.2 Å². The summed E-state index contributed by atoms with van der Waals surface area (Å²) in [5.74, 6) is -3.18. The lowest BCUT2D eigenvalue weighted by Gasteiger charge is -2.39. The van der Waals surface area contributed by atoms with E-state index in [1.807, 2.05) is 72.8 Å². The first-order valence-corrected chi connectivity index (χ1v) is 13.8. The molecule has 39 heavy (non-hydrogen) atoms. The maximum atomic E-state index is 16.3. The van der Waals surface area contributed by atoms with E-state index in [-0.39, 0.29) is 24.7 Å². The zero-order valence-corrected chi connectivity index (χ0v) is 22.2. The van der Waals surface area contributed by atoms with Crippen LogP contribution in [0.2, 0.25) is 0 Å². The Bertz CT molecular complexity index is 1240. The van der Waals surface area contributed by atoms with Crippen LogP contribution >= 0.6 is 0 Å². The molecule has 0 N–H and O–H groups in total. The topological polar surface area (TPSA) is 27.7 Å². The van der Waals surface area contributed by atoms with E-state index in [1.54, 1.807) is 18.2 Å². The van der Waals surface area contributed by atoms with E-state index in [0.717, 1.165) is 29.5 Å². The van der Waals surface area contributed by atoms with Gasteiger partial charge in [-0.25, -0.2) is 0 Å². The van der Waals surface area contributed by atoms with Gasteiger partial charge >= 0.3 is 0 Å². The maximum absolute atomic E-state index is 16.3. The second kappa shape index (κ2) is 13.3. The van der Waals surface area contributed by atoms with E-state index in [0.29, 0.717) is 31.6 Å². The lowest BCUT2D eigenvalue weighted by molar-refractivity contribution is -0.219. The van der Waals surface area contributed by atoms with Crippen LogP contribution in [-0.2, 0) is 39.8 Å². The first-order chi connectivity index (χ1) is 19.1. The van der Waals surface area contributed by atoms with Gasteiger partial charge in [-0.3, -0.25) is 0 Å². The van der Waals surface area contributed by atoms with Crippen LogP contribution < -0.4 is 0 Å². The molecule has 3 atom stereocenters. The number of hydrogen-bond donors (Lipinski definition) is 0. The number of benzene rings is 3. The molecule has 0 saturated carbocycles. The SMILES string of the molecule is FC(F)(c1ccccc1CC1=CCCC=C1)C1CC(OCc2ccccc2)CC(COCc2ccccc2)O1. The molecule has 0 bridgehead atoms. The number of ether oxygens (including phenoxy) is 3. The Kier molecular flexibility index (Phi) is 9.36. The molecular formula is C34H36F2O3. The highest BCUT2D eigenvalue weighted by Gasteiger charge is 2.48. The Morgan fingerprint density at radius 3 is 2.21 bits per heavy atom. The molecule has 1 aliphatic heterocycles. The number of halogens is 2. The van der Waals surface area contributed by atoms with Gasteiger partial charge in [-0.15, -0.1) is 0 Å². The van der Waals surface area contributed by atoms with E-state index >= 15 is 8.78 Å². The molecule has 5 rings (SSSR count). The summed E-state index contributed by atoms with van der Waals surface area (Å²) in [6, 6.07) is 26.5. The third-order valence-corrected chi connectivity index (χ3v) is 7.35. The first-order valence-electron chi connectivity index (χ1n) is 13.8. The molecule has 0 radical (unpaired) electrons. The highest BCUT2D eigenvalue weighted by atomic mass is 19.3. The third-order valence-electron chi connectivity index (χ3n) is 7.35. The maximum Gasteiger partial charge on any atom is 0.299 e. The summed E-state index contributed by atoms with van der Waals surface area (Å²) in [7, 11) is 0. The van der Waals surface area contributed by atoms with E-state index in [9.17, 15) is 0 Å². The normalized spacial score (nSPS) is 21.5. The first kappa shape index (κ1) is 27.4. The zero-order valence-electron chi connectivity index (χ0n) is 22.2. The van der Waals surface area contributed by atoms with E-state index in [4.69, 9.17) is 14.2 Å². The molecule has 1 fully saturated rings. The van der Waals surface area contributed by atoms with E-state index in [1.165, 1.54) is 0 Å². The van der Waals surface area contributed by atoms with Crippen LogP contribution in [0.5, 0.6) is 0 Å². The molecule has 5 heteroatoms. The fraction of sp³-hybridized carbons (Fsp3) is 0.353. The Balaban J connectivity index is 1.32. The fourth-order valence-electron chi connectivity index (χ4n) is 5.31. The van der Waals surface area contributed by atoms with Gasteiger partial charge in [-0.1, -0.05) is 103 Å². The van der Waals surface area contributed by atoms with Crippen molar-refractivity contribution in [2.24, 2.45) is 0 Å². The Morgan fingerprint density at radius 1 is 0.795 bits per heavy atom. The molecule has 0 spiro atoms. The van der Waals surface area contributed by atoms with Crippen LogP contribution in [0.4, 0.5) is 8.78 Å². The Morgan fingerprint density at radius 2 is 1.49 bits per heavy atom. The van der Waals surface area contributed by atoms with Gasteiger partial charge in [0.25, 0.3) is 5.92 Å². The summed E-state index contributed by atoms with van der Waals surface area (Å²) in [5.41, 5.74) is 3.79. The summed E-state index contributed by atoms with van der Waals surface area (Å²) < 4.78 is 50.8. The molecule has 1 saturated heterocycles. The second-order valence-electron chi connectivity index (χ2n) is 10.4. The van der Waals surface area contributed by atoms with Gasteiger partial charge in [0.15, 0.2) is 0 Å². The molecule has 1 heterocycles. The molecule has 3 aromatic carbocycles. The summed E-state index contributed by atoms with van der Waals surface area (Å²) in [6.07, 6.45) is 7.17. The molecule has 3 aromatic rings. The standard InChI is InChI=1S/C34H36F2O3/c35-34(36,32-19-11-10-18-29(32)20-26-12-4-1-5-13-26)33-22-30(38-24-28-16-8-3-9-17-28)21-31(39-33)25-37-23-27-14-6-2-7-15-27/h2-4,6-19,30-31,33H,1,5,20-25H2. The summed E-state index contributed by atoms with van der Waals surface area (Å²) in [5, 5.41) is 0. The van der Waals surface area contributed by atoms with Gasteiger partial charge in [0, 0.05) is 18.4 Å². The molecule has 204 valence electrons. The highest BCUT2D eigenvalue weighted by molar-refractivity contribution is 5.38. The van der Waals surface area contributed by atoms with Crippen LogP contribution in [0.25, 0.3) is 0 Å². The largest absolute Gasteiger partial charge is 0.374 e. The van der Waals surface area contributed by atoms with Gasteiger partial charge in [0.2, 0.25) is 0 Å².